The Kier molecular flexibility index (Phi) is 3.76. The SMILES string of the molecule is O=c1[nH]c(=S)[nH]cc1[C@H]1CC[C@@H](CO)C[C@@H]1O. The van der Waals surface area contributed by atoms with Gasteiger partial charge >= 0.3 is 0 Å². The number of aliphatic hydroxyl groups excluding tert-OH is 2. The Balaban J connectivity index is 2.23. The Bertz CT molecular complexity index is 496. The number of nitrogens with one attached hydrogen (secondary N) is 2. The van der Waals surface area contributed by atoms with E-state index < -0.39 is 6.10 Å². The first-order chi connectivity index (χ1) is 8.11. The molecule has 1 aromatic rings. The fourth-order valence-corrected chi connectivity index (χ4v) is 2.61. The highest BCUT2D eigenvalue weighted by Gasteiger charge is 2.31. The minimum atomic E-state index is -0.577. The van der Waals surface area contributed by atoms with Crippen molar-refractivity contribution in [1.82, 2.24) is 9.97 Å². The summed E-state index contributed by atoms with van der Waals surface area (Å²) in [5, 5.41) is 19.1. The molecular formula is C11H16N2O3S. The Morgan fingerprint density at radius 1 is 1.47 bits per heavy atom. The summed E-state index contributed by atoms with van der Waals surface area (Å²) in [6.45, 7) is 0.0946. The van der Waals surface area contributed by atoms with Gasteiger partial charge in [0.25, 0.3) is 5.56 Å². The van der Waals surface area contributed by atoms with Crippen LogP contribution in [-0.2, 0) is 0 Å². The molecule has 0 unspecified atom stereocenters. The van der Waals surface area contributed by atoms with Gasteiger partial charge in [-0.05, 0) is 37.4 Å². The van der Waals surface area contributed by atoms with Crippen LogP contribution in [-0.4, -0.2) is 32.9 Å². The van der Waals surface area contributed by atoms with Crippen LogP contribution in [0.5, 0.6) is 0 Å². The summed E-state index contributed by atoms with van der Waals surface area (Å²) in [7, 11) is 0. The van der Waals surface area contributed by atoms with E-state index in [0.717, 1.165) is 6.42 Å². The molecule has 3 atom stereocenters. The monoisotopic (exact) mass is 256 g/mol. The molecule has 6 heteroatoms. The normalized spacial score (nSPS) is 29.2. The Hall–Kier alpha value is -0.980. The Labute approximate surface area is 104 Å². The predicted molar refractivity (Wildman–Crippen MR) is 65.4 cm³/mol. The first kappa shape index (κ1) is 12.5. The zero-order valence-corrected chi connectivity index (χ0v) is 10.2. The van der Waals surface area contributed by atoms with Crippen LogP contribution >= 0.6 is 12.2 Å². The standard InChI is InChI=1S/C11H16N2O3S/c14-5-6-1-2-7(9(15)3-6)8-4-12-11(17)13-10(8)16/h4,6-7,9,14-15H,1-3,5H2,(H2,12,13,16,17)/t6-,7-,9+/m1/s1. The highest BCUT2D eigenvalue weighted by atomic mass is 32.1. The van der Waals surface area contributed by atoms with Gasteiger partial charge in [-0.25, -0.2) is 0 Å². The molecular weight excluding hydrogens is 240 g/mol. The predicted octanol–water partition coefficient (Wildman–Crippen LogP) is 0.669. The second-order valence-electron chi connectivity index (χ2n) is 4.56. The lowest BCUT2D eigenvalue weighted by Crippen LogP contribution is -2.32. The fourth-order valence-electron chi connectivity index (χ4n) is 2.46. The average molecular weight is 256 g/mol. The van der Waals surface area contributed by atoms with E-state index in [1.54, 1.807) is 6.20 Å². The molecule has 1 aliphatic rings. The van der Waals surface area contributed by atoms with Crippen LogP contribution in [0, 0.1) is 10.7 Å². The molecule has 0 amide bonds. The van der Waals surface area contributed by atoms with Crippen molar-refractivity contribution in [2.24, 2.45) is 5.92 Å². The molecule has 0 saturated heterocycles. The number of H-pyrrole nitrogens is 2. The van der Waals surface area contributed by atoms with Crippen LogP contribution in [0.4, 0.5) is 0 Å². The van der Waals surface area contributed by atoms with E-state index in [1.165, 1.54) is 0 Å². The minimum Gasteiger partial charge on any atom is -0.396 e. The van der Waals surface area contributed by atoms with Gasteiger partial charge in [-0.2, -0.15) is 0 Å². The van der Waals surface area contributed by atoms with Gasteiger partial charge < -0.3 is 15.2 Å². The highest BCUT2D eigenvalue weighted by molar-refractivity contribution is 7.71. The molecule has 17 heavy (non-hydrogen) atoms. The van der Waals surface area contributed by atoms with E-state index in [-0.39, 0.29) is 28.8 Å². The van der Waals surface area contributed by atoms with Crippen molar-refractivity contribution >= 4 is 12.2 Å². The van der Waals surface area contributed by atoms with Crippen molar-refractivity contribution in [3.05, 3.63) is 26.9 Å². The van der Waals surface area contributed by atoms with E-state index >= 15 is 0 Å². The van der Waals surface area contributed by atoms with Crippen molar-refractivity contribution in [3.63, 3.8) is 0 Å². The topological polar surface area (TPSA) is 89.1 Å². The lowest BCUT2D eigenvalue weighted by atomic mass is 9.77. The zero-order chi connectivity index (χ0) is 12.4. The van der Waals surface area contributed by atoms with Gasteiger partial charge in [-0.1, -0.05) is 0 Å². The van der Waals surface area contributed by atoms with Crippen molar-refractivity contribution in [2.45, 2.75) is 31.3 Å². The van der Waals surface area contributed by atoms with E-state index in [9.17, 15) is 9.90 Å². The van der Waals surface area contributed by atoms with E-state index in [0.29, 0.717) is 18.4 Å². The van der Waals surface area contributed by atoms with Crippen molar-refractivity contribution < 1.29 is 10.2 Å². The minimum absolute atomic E-state index is 0.0946. The zero-order valence-electron chi connectivity index (χ0n) is 9.35. The summed E-state index contributed by atoms with van der Waals surface area (Å²) in [5.41, 5.74) is 0.308. The van der Waals surface area contributed by atoms with Crippen molar-refractivity contribution in [1.29, 1.82) is 0 Å². The lowest BCUT2D eigenvalue weighted by Gasteiger charge is -2.31. The second kappa shape index (κ2) is 5.12. The molecule has 0 spiro atoms. The summed E-state index contributed by atoms with van der Waals surface area (Å²) in [6.07, 6.45) is 3.07. The number of aromatic nitrogens is 2. The maximum absolute atomic E-state index is 11.7. The van der Waals surface area contributed by atoms with Crippen LogP contribution in [0.3, 0.4) is 0 Å². The third-order valence-electron chi connectivity index (χ3n) is 3.43. The molecule has 0 radical (unpaired) electrons. The van der Waals surface area contributed by atoms with Crippen LogP contribution in [0.25, 0.3) is 0 Å². The summed E-state index contributed by atoms with van der Waals surface area (Å²) < 4.78 is 0.289. The summed E-state index contributed by atoms with van der Waals surface area (Å²) in [4.78, 5) is 17.0. The van der Waals surface area contributed by atoms with Gasteiger partial charge in [0.15, 0.2) is 4.77 Å². The smallest absolute Gasteiger partial charge is 0.255 e. The summed E-state index contributed by atoms with van der Waals surface area (Å²) in [5.74, 6) is -0.0315. The van der Waals surface area contributed by atoms with E-state index in [2.05, 4.69) is 9.97 Å². The van der Waals surface area contributed by atoms with Gasteiger partial charge in [0.05, 0.1) is 6.10 Å². The second-order valence-corrected chi connectivity index (χ2v) is 4.97. The summed E-state index contributed by atoms with van der Waals surface area (Å²) in [6, 6.07) is 0. The van der Waals surface area contributed by atoms with Crippen LogP contribution in [0.2, 0.25) is 0 Å². The molecule has 5 nitrogen and oxygen atoms in total. The van der Waals surface area contributed by atoms with Crippen LogP contribution < -0.4 is 5.56 Å². The maximum atomic E-state index is 11.7. The molecule has 0 aromatic carbocycles. The molecule has 1 aliphatic carbocycles. The molecule has 1 fully saturated rings. The molecule has 94 valence electrons. The van der Waals surface area contributed by atoms with Gasteiger partial charge in [-0.15, -0.1) is 0 Å². The quantitative estimate of drug-likeness (QED) is 0.586. The number of rotatable bonds is 2. The van der Waals surface area contributed by atoms with E-state index in [1.807, 2.05) is 0 Å². The first-order valence-corrected chi connectivity index (χ1v) is 6.13. The largest absolute Gasteiger partial charge is 0.396 e. The Morgan fingerprint density at radius 2 is 2.24 bits per heavy atom. The molecule has 1 saturated carbocycles. The van der Waals surface area contributed by atoms with Gasteiger partial charge in [0.1, 0.15) is 0 Å². The lowest BCUT2D eigenvalue weighted by molar-refractivity contribution is 0.0566. The molecule has 2 rings (SSSR count). The van der Waals surface area contributed by atoms with Crippen LogP contribution in [0.15, 0.2) is 11.0 Å². The highest BCUT2D eigenvalue weighted by Crippen LogP contribution is 2.34. The number of hydrogen-bond donors (Lipinski definition) is 4. The maximum Gasteiger partial charge on any atom is 0.255 e. The average Bonchev–Trinajstić information content (AvgIpc) is 2.30. The first-order valence-electron chi connectivity index (χ1n) is 5.72. The van der Waals surface area contributed by atoms with Gasteiger partial charge in [0, 0.05) is 24.3 Å². The number of aliphatic hydroxyl groups is 2. The third-order valence-corrected chi connectivity index (χ3v) is 3.65. The van der Waals surface area contributed by atoms with Crippen molar-refractivity contribution in [3.8, 4) is 0 Å². The molecule has 0 bridgehead atoms. The molecule has 4 N–H and O–H groups in total. The molecule has 1 aromatic heterocycles. The fraction of sp³-hybridized carbons (Fsp3) is 0.636. The van der Waals surface area contributed by atoms with E-state index in [4.69, 9.17) is 17.3 Å². The third kappa shape index (κ3) is 2.65. The van der Waals surface area contributed by atoms with Gasteiger partial charge in [0.2, 0.25) is 0 Å². The molecule has 0 aliphatic heterocycles. The van der Waals surface area contributed by atoms with Crippen molar-refractivity contribution in [2.75, 3.05) is 6.61 Å². The van der Waals surface area contributed by atoms with Gasteiger partial charge in [-0.3, -0.25) is 9.78 Å². The van der Waals surface area contributed by atoms with Crippen LogP contribution in [0.1, 0.15) is 30.7 Å². The number of aromatic amines is 2. The number of hydrogen-bond acceptors (Lipinski definition) is 4. The summed E-state index contributed by atoms with van der Waals surface area (Å²) >= 11 is 4.82. The molecule has 1 heterocycles. The Morgan fingerprint density at radius 3 is 2.82 bits per heavy atom.